The monoisotopic (exact) mass is 180 g/mol. The molecule has 0 atom stereocenters. The molecule has 13 heavy (non-hydrogen) atoms. The molecular weight excluding hydrogens is 168 g/mol. The van der Waals surface area contributed by atoms with Gasteiger partial charge in [-0.15, -0.1) is 0 Å². The van der Waals surface area contributed by atoms with Gasteiger partial charge in [0.2, 0.25) is 5.91 Å². The second kappa shape index (κ2) is 3.18. The van der Waals surface area contributed by atoms with Crippen LogP contribution in [0.5, 0.6) is 0 Å². The quantitative estimate of drug-likeness (QED) is 0.638. The van der Waals surface area contributed by atoms with Crippen LogP contribution >= 0.6 is 0 Å². The third-order valence-electron chi connectivity index (χ3n) is 2.20. The lowest BCUT2D eigenvalue weighted by molar-refractivity contribution is -0.117. The average molecular weight is 180 g/mol. The summed E-state index contributed by atoms with van der Waals surface area (Å²) in [5.41, 5.74) is 5.31. The number of aryl methyl sites for hydroxylation is 1. The lowest BCUT2D eigenvalue weighted by Crippen LogP contribution is -2.41. The Hall–Kier alpha value is -1.36. The summed E-state index contributed by atoms with van der Waals surface area (Å²) in [6.45, 7) is 1.70. The Morgan fingerprint density at radius 1 is 1.62 bits per heavy atom. The number of carbonyl (C=O) groups excluding carboxylic acids is 1. The second-order valence-corrected chi connectivity index (χ2v) is 3.02. The molecule has 1 aliphatic heterocycles. The van der Waals surface area contributed by atoms with E-state index in [1.807, 2.05) is 10.7 Å². The summed E-state index contributed by atoms with van der Waals surface area (Å²) in [6.07, 6.45) is 2.65. The molecule has 5 nitrogen and oxygen atoms in total. The van der Waals surface area contributed by atoms with Crippen LogP contribution < -0.4 is 10.6 Å². The van der Waals surface area contributed by atoms with Gasteiger partial charge in [0.1, 0.15) is 5.82 Å². The molecule has 0 saturated carbocycles. The normalized spacial score (nSPS) is 15.6. The fourth-order valence-corrected chi connectivity index (χ4v) is 1.58. The van der Waals surface area contributed by atoms with E-state index < -0.39 is 0 Å². The molecule has 0 unspecified atom stereocenters. The Morgan fingerprint density at radius 2 is 2.46 bits per heavy atom. The number of hydrogen-bond donors (Lipinski definition) is 1. The van der Waals surface area contributed by atoms with Crippen LogP contribution in [0.15, 0.2) is 12.3 Å². The van der Waals surface area contributed by atoms with Crippen molar-refractivity contribution in [2.24, 2.45) is 5.73 Å². The van der Waals surface area contributed by atoms with Gasteiger partial charge in [0.15, 0.2) is 0 Å². The molecule has 0 bridgehead atoms. The molecule has 1 amide bonds. The van der Waals surface area contributed by atoms with E-state index in [0.29, 0.717) is 0 Å². The van der Waals surface area contributed by atoms with Gasteiger partial charge < -0.3 is 5.73 Å². The Morgan fingerprint density at radius 3 is 3.23 bits per heavy atom. The number of anilines is 1. The van der Waals surface area contributed by atoms with Gasteiger partial charge in [0, 0.05) is 19.2 Å². The number of fused-ring (bicyclic) bond motifs is 1. The smallest absolute Gasteiger partial charge is 0.241 e. The maximum Gasteiger partial charge on any atom is 0.241 e. The molecule has 2 N–H and O–H groups in total. The zero-order valence-corrected chi connectivity index (χ0v) is 7.31. The van der Waals surface area contributed by atoms with E-state index in [-0.39, 0.29) is 12.5 Å². The van der Waals surface area contributed by atoms with Crippen molar-refractivity contribution in [3.8, 4) is 0 Å². The van der Waals surface area contributed by atoms with Gasteiger partial charge in [-0.25, -0.2) is 4.68 Å². The minimum atomic E-state index is -0.0403. The van der Waals surface area contributed by atoms with Gasteiger partial charge in [-0.2, -0.15) is 5.10 Å². The van der Waals surface area contributed by atoms with Crippen molar-refractivity contribution in [2.75, 3.05) is 18.0 Å². The fourth-order valence-electron chi connectivity index (χ4n) is 1.58. The summed E-state index contributed by atoms with van der Waals surface area (Å²) in [6, 6.07) is 1.84. The summed E-state index contributed by atoms with van der Waals surface area (Å²) >= 11 is 0. The summed E-state index contributed by atoms with van der Waals surface area (Å²) in [7, 11) is 0. The first kappa shape index (κ1) is 8.25. The lowest BCUT2D eigenvalue weighted by atomic mass is 10.3. The van der Waals surface area contributed by atoms with Crippen LogP contribution in [-0.2, 0) is 11.3 Å². The first-order valence-corrected chi connectivity index (χ1v) is 4.35. The number of aromatic nitrogens is 2. The molecule has 0 radical (unpaired) electrons. The summed E-state index contributed by atoms with van der Waals surface area (Å²) in [5.74, 6) is 0.822. The maximum absolute atomic E-state index is 11.4. The Balaban J connectivity index is 2.30. The highest BCUT2D eigenvalue weighted by Crippen LogP contribution is 2.18. The first-order valence-electron chi connectivity index (χ1n) is 4.35. The molecule has 5 heteroatoms. The molecule has 0 aliphatic carbocycles. The highest BCUT2D eigenvalue weighted by Gasteiger charge is 2.21. The molecule has 70 valence electrons. The minimum absolute atomic E-state index is 0.0403. The van der Waals surface area contributed by atoms with Gasteiger partial charge in [0.25, 0.3) is 0 Å². The number of amides is 1. The van der Waals surface area contributed by atoms with Crippen molar-refractivity contribution >= 4 is 11.7 Å². The van der Waals surface area contributed by atoms with E-state index in [1.54, 1.807) is 11.1 Å². The van der Waals surface area contributed by atoms with E-state index in [2.05, 4.69) is 5.10 Å². The SMILES string of the molecule is NCC(=O)N1CCCn2nccc21. The van der Waals surface area contributed by atoms with Crippen molar-refractivity contribution in [2.45, 2.75) is 13.0 Å². The van der Waals surface area contributed by atoms with Crippen molar-refractivity contribution in [1.82, 2.24) is 9.78 Å². The molecule has 0 spiro atoms. The number of nitrogens with zero attached hydrogens (tertiary/aromatic N) is 3. The van der Waals surface area contributed by atoms with Crippen LogP contribution in [0.4, 0.5) is 5.82 Å². The van der Waals surface area contributed by atoms with Crippen molar-refractivity contribution in [3.05, 3.63) is 12.3 Å². The largest absolute Gasteiger partial charge is 0.322 e. The second-order valence-electron chi connectivity index (χ2n) is 3.02. The summed E-state index contributed by atoms with van der Waals surface area (Å²) < 4.78 is 1.83. The highest BCUT2D eigenvalue weighted by molar-refractivity contribution is 5.94. The number of nitrogens with two attached hydrogens (primary N) is 1. The van der Waals surface area contributed by atoms with Crippen LogP contribution in [0.25, 0.3) is 0 Å². The van der Waals surface area contributed by atoms with Crippen LogP contribution in [0.3, 0.4) is 0 Å². The molecule has 1 aromatic rings. The van der Waals surface area contributed by atoms with Crippen LogP contribution in [-0.4, -0.2) is 28.8 Å². The van der Waals surface area contributed by atoms with Gasteiger partial charge in [-0.3, -0.25) is 9.69 Å². The molecule has 2 rings (SSSR count). The van der Waals surface area contributed by atoms with Gasteiger partial charge in [0.05, 0.1) is 12.7 Å². The van der Waals surface area contributed by atoms with E-state index in [4.69, 9.17) is 5.73 Å². The summed E-state index contributed by atoms with van der Waals surface area (Å²) in [4.78, 5) is 13.1. The number of carbonyl (C=O) groups is 1. The van der Waals surface area contributed by atoms with Crippen LogP contribution in [0.1, 0.15) is 6.42 Å². The lowest BCUT2D eigenvalue weighted by Gasteiger charge is -2.27. The topological polar surface area (TPSA) is 64.2 Å². The van der Waals surface area contributed by atoms with E-state index >= 15 is 0 Å². The minimum Gasteiger partial charge on any atom is -0.322 e. The Kier molecular flexibility index (Phi) is 2.02. The molecule has 0 fully saturated rings. The predicted molar refractivity (Wildman–Crippen MR) is 48.3 cm³/mol. The van der Waals surface area contributed by atoms with E-state index in [9.17, 15) is 4.79 Å². The molecule has 1 aliphatic rings. The molecule has 1 aromatic heterocycles. The number of hydrogen-bond acceptors (Lipinski definition) is 3. The van der Waals surface area contributed by atoms with E-state index in [0.717, 1.165) is 25.3 Å². The molecule has 0 aromatic carbocycles. The third-order valence-corrected chi connectivity index (χ3v) is 2.20. The Bertz CT molecular complexity index is 320. The maximum atomic E-state index is 11.4. The van der Waals surface area contributed by atoms with Crippen molar-refractivity contribution < 1.29 is 4.79 Å². The standard InChI is InChI=1S/C8H12N4O/c9-6-8(13)11-4-1-5-12-7(11)2-3-10-12/h2-3H,1,4-6,9H2. The third kappa shape index (κ3) is 1.31. The average Bonchev–Trinajstić information content (AvgIpc) is 2.63. The van der Waals surface area contributed by atoms with Gasteiger partial charge in [-0.05, 0) is 6.42 Å². The Labute approximate surface area is 76.1 Å². The highest BCUT2D eigenvalue weighted by atomic mass is 16.2. The predicted octanol–water partition coefficient (Wildman–Crippen LogP) is -0.421. The zero-order chi connectivity index (χ0) is 9.26. The fraction of sp³-hybridized carbons (Fsp3) is 0.500. The molecular formula is C8H12N4O. The van der Waals surface area contributed by atoms with Gasteiger partial charge >= 0.3 is 0 Å². The first-order chi connectivity index (χ1) is 6.33. The van der Waals surface area contributed by atoms with E-state index in [1.165, 1.54) is 0 Å². The molecule has 2 heterocycles. The van der Waals surface area contributed by atoms with Crippen molar-refractivity contribution in [1.29, 1.82) is 0 Å². The summed E-state index contributed by atoms with van der Waals surface area (Å²) in [5, 5.41) is 4.11. The number of rotatable bonds is 1. The van der Waals surface area contributed by atoms with Crippen molar-refractivity contribution in [3.63, 3.8) is 0 Å². The van der Waals surface area contributed by atoms with Gasteiger partial charge in [-0.1, -0.05) is 0 Å². The van der Waals surface area contributed by atoms with Crippen LogP contribution in [0.2, 0.25) is 0 Å². The molecule has 0 saturated heterocycles. The zero-order valence-electron chi connectivity index (χ0n) is 7.31. The van der Waals surface area contributed by atoms with Crippen LogP contribution in [0, 0.1) is 0 Å².